The van der Waals surface area contributed by atoms with Crippen molar-refractivity contribution >= 4 is 112 Å². The molecule has 16 aromatic rings. The lowest BCUT2D eigenvalue weighted by atomic mass is 9.70. The number of methoxy groups -OCH3 is 7. The van der Waals surface area contributed by atoms with E-state index in [1.165, 1.54) is 35.1 Å². The summed E-state index contributed by atoms with van der Waals surface area (Å²) in [6, 6.07) is 108. The first-order chi connectivity index (χ1) is 57.9. The molecule has 0 bridgehead atoms. The maximum Gasteiger partial charge on any atom is 0.119 e. The molecule has 0 saturated heterocycles. The number of phenols is 1. The number of benzene rings is 14. The molecule has 14 nitrogen and oxygen atoms in total. The Morgan fingerprint density at radius 2 is 0.466 bits per heavy atom. The SMILES string of the molecule is CCCCCCC1(CCCCCC)c2cc(-n3c4ccc(N(c5ccc(O)cc5)c5ccc(OC)cc5)cc4c4cc(N(c5ccc(OC)cc5)c5ccc(OC)cc5)ccc43)ccc2-c2ccc(-n3c4ccc(N(c5ccc(OC)cc5)c5ccc(OC)cc5)cc4c4cc(N(c5ccc(OC)cc5)c5ccc(OC)cc5)ccc43)cc21. The van der Waals surface area contributed by atoms with E-state index in [1.807, 2.05) is 97.1 Å². The van der Waals surface area contributed by atoms with E-state index in [0.717, 1.165) is 215 Å². The van der Waals surface area contributed by atoms with Crippen LogP contribution in [0, 0.1) is 0 Å². The van der Waals surface area contributed by atoms with Crippen molar-refractivity contribution in [3.05, 3.63) is 314 Å². The van der Waals surface area contributed by atoms with Crippen LogP contribution in [0.1, 0.15) is 89.2 Å². The third-order valence-electron chi connectivity index (χ3n) is 23.7. The monoisotopic (exact) mass is 1560 g/mol. The fraction of sp³-hybridized carbons (Fsp3) is 0.192. The van der Waals surface area contributed by atoms with Crippen molar-refractivity contribution in [3.8, 4) is 68.5 Å². The van der Waals surface area contributed by atoms with Gasteiger partial charge in [-0.2, -0.15) is 0 Å². The zero-order valence-corrected chi connectivity index (χ0v) is 68.4. The molecule has 0 fully saturated rings. The lowest BCUT2D eigenvalue weighted by Crippen LogP contribution is -2.26. The second-order valence-corrected chi connectivity index (χ2v) is 30.4. The van der Waals surface area contributed by atoms with Crippen LogP contribution in [-0.4, -0.2) is 64.0 Å². The molecular weight excluding hydrogens is 1460 g/mol. The minimum Gasteiger partial charge on any atom is -0.508 e. The summed E-state index contributed by atoms with van der Waals surface area (Å²) in [4.78, 5) is 9.17. The molecular formula is C104H98N6O8. The number of rotatable bonds is 31. The minimum absolute atomic E-state index is 0.194. The summed E-state index contributed by atoms with van der Waals surface area (Å²) in [7, 11) is 11.9. The number of fused-ring (bicyclic) bond motifs is 9. The first-order valence-electron chi connectivity index (χ1n) is 40.9. The highest BCUT2D eigenvalue weighted by molar-refractivity contribution is 6.14. The molecule has 0 spiro atoms. The van der Waals surface area contributed by atoms with Gasteiger partial charge < -0.3 is 67.0 Å². The molecule has 1 N–H and O–H groups in total. The van der Waals surface area contributed by atoms with E-state index >= 15 is 0 Å². The predicted octanol–water partition coefficient (Wildman–Crippen LogP) is 27.7. The number of hydrogen-bond acceptors (Lipinski definition) is 12. The second kappa shape index (κ2) is 33.6. The Morgan fingerprint density at radius 3 is 0.686 bits per heavy atom. The smallest absolute Gasteiger partial charge is 0.119 e. The number of aromatic hydroxyl groups is 1. The van der Waals surface area contributed by atoms with Crippen LogP contribution >= 0.6 is 0 Å². The van der Waals surface area contributed by atoms with Crippen LogP contribution in [0.25, 0.3) is 66.1 Å². The van der Waals surface area contributed by atoms with Crippen LogP contribution in [0.15, 0.2) is 303 Å². The Kier molecular flexibility index (Phi) is 21.9. The van der Waals surface area contributed by atoms with Gasteiger partial charge in [-0.15, -0.1) is 0 Å². The number of aromatic nitrogens is 2. The first kappa shape index (κ1) is 76.9. The van der Waals surface area contributed by atoms with Crippen LogP contribution in [0.3, 0.4) is 0 Å². The first-order valence-corrected chi connectivity index (χ1v) is 40.9. The van der Waals surface area contributed by atoms with Gasteiger partial charge in [0.05, 0.1) is 71.8 Å². The topological polar surface area (TPSA) is 108 Å². The molecule has 0 unspecified atom stereocenters. The van der Waals surface area contributed by atoms with Gasteiger partial charge in [0, 0.05) is 107 Å². The molecule has 14 heteroatoms. The summed E-state index contributed by atoms with van der Waals surface area (Å²) in [5.74, 6) is 5.62. The van der Waals surface area contributed by atoms with Crippen LogP contribution in [0.4, 0.5) is 68.2 Å². The number of unbranched alkanes of at least 4 members (excludes halogenated alkanes) is 6. The van der Waals surface area contributed by atoms with Crippen molar-refractivity contribution in [3.63, 3.8) is 0 Å². The van der Waals surface area contributed by atoms with Gasteiger partial charge in [0.15, 0.2) is 0 Å². The summed E-state index contributed by atoms with van der Waals surface area (Å²) in [6.45, 7) is 4.64. The van der Waals surface area contributed by atoms with E-state index in [2.05, 4.69) is 237 Å². The molecule has 0 saturated carbocycles. The standard InChI is InChI=1S/C104H98N6O8/c1-10-12-14-16-62-104(63-17-15-13-11-2)98-68-82(109-100-58-36-78(105(70-18-40-84(111)41-19-70)71-20-42-85(112-3)43-21-71)64-94(100)95-65-79(37-59-101(95)109)106(72-22-44-86(113-4)45-23-72)73-24-46-87(114-5)47-25-73)34-56-92(98)93-57-35-83(69-99(93)104)110-102-60-38-80(107(74-26-48-88(115-6)49-27-74)75-28-50-89(116-7)51-29-75)66-96(102)97-67-81(39-61-103(97)110)108(76-30-52-90(117-8)53-31-76)77-32-54-91(118-9)55-33-77/h18-61,64-69,111H,10-17,62-63H2,1-9H3. The number of phenolic OH excluding ortho intramolecular Hbond substituents is 1. The highest BCUT2D eigenvalue weighted by Crippen LogP contribution is 2.57. The van der Waals surface area contributed by atoms with Crippen molar-refractivity contribution in [2.24, 2.45) is 0 Å². The van der Waals surface area contributed by atoms with E-state index in [-0.39, 0.29) is 11.2 Å². The maximum absolute atomic E-state index is 10.7. The number of nitrogens with zero attached hydrogens (tertiary/aromatic N) is 6. The molecule has 592 valence electrons. The van der Waals surface area contributed by atoms with Crippen LogP contribution in [-0.2, 0) is 5.41 Å². The average molecular weight is 1560 g/mol. The van der Waals surface area contributed by atoms with Crippen LogP contribution in [0.2, 0.25) is 0 Å². The lowest BCUT2D eigenvalue weighted by Gasteiger charge is -2.33. The Hall–Kier alpha value is -13.7. The maximum atomic E-state index is 10.7. The Labute approximate surface area is 691 Å². The average Bonchev–Trinajstić information content (AvgIpc) is 1.54. The lowest BCUT2D eigenvalue weighted by molar-refractivity contribution is 0.401. The molecule has 2 heterocycles. The van der Waals surface area contributed by atoms with Crippen molar-refractivity contribution in [2.75, 3.05) is 69.4 Å². The highest BCUT2D eigenvalue weighted by atomic mass is 16.5. The minimum atomic E-state index is -0.356. The number of ether oxygens (including phenoxy) is 7. The van der Waals surface area contributed by atoms with Gasteiger partial charge in [0.1, 0.15) is 46.0 Å². The van der Waals surface area contributed by atoms with Gasteiger partial charge in [0.25, 0.3) is 0 Å². The quantitative estimate of drug-likeness (QED) is 0.0418. The molecule has 0 aliphatic heterocycles. The highest BCUT2D eigenvalue weighted by Gasteiger charge is 2.43. The van der Waals surface area contributed by atoms with E-state index in [1.54, 1.807) is 61.9 Å². The molecule has 0 atom stereocenters. The largest absolute Gasteiger partial charge is 0.508 e. The number of anilines is 12. The van der Waals surface area contributed by atoms with Gasteiger partial charge in [0.2, 0.25) is 0 Å². The van der Waals surface area contributed by atoms with Crippen molar-refractivity contribution in [2.45, 2.75) is 83.5 Å². The van der Waals surface area contributed by atoms with E-state index < -0.39 is 0 Å². The fourth-order valence-corrected chi connectivity index (χ4v) is 17.7. The van der Waals surface area contributed by atoms with E-state index in [0.29, 0.717) is 0 Å². The van der Waals surface area contributed by atoms with Crippen molar-refractivity contribution < 1.29 is 38.3 Å². The Balaban J connectivity index is 0.874. The third kappa shape index (κ3) is 14.6. The number of hydrogen-bond donors (Lipinski definition) is 1. The summed E-state index contributed by atoms with van der Waals surface area (Å²) >= 11 is 0. The second-order valence-electron chi connectivity index (χ2n) is 30.4. The molecule has 14 aromatic carbocycles. The molecule has 1 aliphatic carbocycles. The zero-order valence-electron chi connectivity index (χ0n) is 68.4. The summed E-state index contributed by atoms with van der Waals surface area (Å²) in [6.07, 6.45) is 11.1. The van der Waals surface area contributed by atoms with Crippen LogP contribution < -0.4 is 52.8 Å². The molecule has 17 rings (SSSR count). The zero-order chi connectivity index (χ0) is 81.0. The van der Waals surface area contributed by atoms with Crippen molar-refractivity contribution in [1.82, 2.24) is 9.13 Å². The van der Waals surface area contributed by atoms with Crippen LogP contribution in [0.5, 0.6) is 46.0 Å². The van der Waals surface area contributed by atoms with E-state index in [4.69, 9.17) is 33.2 Å². The summed E-state index contributed by atoms with van der Waals surface area (Å²) in [5.41, 5.74) is 23.1. The normalized spacial score (nSPS) is 12.0. The van der Waals surface area contributed by atoms with Gasteiger partial charge >= 0.3 is 0 Å². The molecule has 0 amide bonds. The molecule has 0 radical (unpaired) electrons. The predicted molar refractivity (Wildman–Crippen MR) is 485 cm³/mol. The molecule has 118 heavy (non-hydrogen) atoms. The molecule has 1 aliphatic rings. The van der Waals surface area contributed by atoms with Gasteiger partial charge in [-0.05, 0) is 326 Å². The summed E-state index contributed by atoms with van der Waals surface area (Å²) in [5, 5.41) is 15.1. The van der Waals surface area contributed by atoms with Gasteiger partial charge in [-0.3, -0.25) is 0 Å². The van der Waals surface area contributed by atoms with Gasteiger partial charge in [-0.25, -0.2) is 0 Å². The van der Waals surface area contributed by atoms with Gasteiger partial charge in [-0.1, -0.05) is 77.3 Å². The fourth-order valence-electron chi connectivity index (χ4n) is 17.7. The Bertz CT molecular complexity index is 5890. The summed E-state index contributed by atoms with van der Waals surface area (Å²) < 4.78 is 45.1. The molecule has 2 aromatic heterocycles. The van der Waals surface area contributed by atoms with Crippen molar-refractivity contribution in [1.29, 1.82) is 0 Å². The Morgan fingerprint density at radius 1 is 0.246 bits per heavy atom. The van der Waals surface area contributed by atoms with E-state index in [9.17, 15) is 5.11 Å². The third-order valence-corrected chi connectivity index (χ3v) is 23.7.